The van der Waals surface area contributed by atoms with Crippen LogP contribution in [0, 0.1) is 5.92 Å². The highest BCUT2D eigenvalue weighted by atomic mass is 35.5. The molecule has 5 heteroatoms. The second kappa shape index (κ2) is 10.5. The third-order valence-electron chi connectivity index (χ3n) is 5.40. The van der Waals surface area contributed by atoms with Gasteiger partial charge < -0.3 is 15.0 Å². The standard InChI is InChI=1S/C27H28N2O2.ClH/c1-19(2)17-29-25(16-28)26(21-11-7-4-8-12-21)23-14-13-22(15-24(23)27(29)30)31-18-20-9-5-3-6-10-20;/h3-15,19H,16-18,28H2,1-2H3;1H. The Morgan fingerprint density at radius 1 is 0.906 bits per heavy atom. The first-order chi connectivity index (χ1) is 15.1. The van der Waals surface area contributed by atoms with E-state index in [-0.39, 0.29) is 18.0 Å². The molecular weight excluding hydrogens is 420 g/mol. The number of ether oxygens (including phenoxy) is 1. The van der Waals surface area contributed by atoms with Crippen LogP contribution in [0.25, 0.3) is 21.9 Å². The molecule has 3 aromatic carbocycles. The molecule has 0 saturated heterocycles. The van der Waals surface area contributed by atoms with E-state index in [9.17, 15) is 4.79 Å². The van der Waals surface area contributed by atoms with E-state index >= 15 is 0 Å². The van der Waals surface area contributed by atoms with Crippen LogP contribution in [0.1, 0.15) is 25.1 Å². The van der Waals surface area contributed by atoms with E-state index in [1.807, 2.05) is 71.3 Å². The minimum atomic E-state index is -0.0195. The van der Waals surface area contributed by atoms with Crippen LogP contribution in [0.3, 0.4) is 0 Å². The molecule has 166 valence electrons. The molecule has 4 nitrogen and oxygen atoms in total. The number of nitrogens with two attached hydrogens (primary N) is 1. The van der Waals surface area contributed by atoms with Crippen molar-refractivity contribution in [3.05, 3.63) is 100 Å². The van der Waals surface area contributed by atoms with Crippen LogP contribution in [0.5, 0.6) is 5.75 Å². The van der Waals surface area contributed by atoms with Crippen LogP contribution < -0.4 is 16.0 Å². The van der Waals surface area contributed by atoms with E-state index < -0.39 is 0 Å². The van der Waals surface area contributed by atoms with Gasteiger partial charge >= 0.3 is 0 Å². The van der Waals surface area contributed by atoms with E-state index in [2.05, 4.69) is 26.0 Å². The zero-order valence-corrected chi connectivity index (χ0v) is 19.3. The number of rotatable bonds is 7. The second-order valence-electron chi connectivity index (χ2n) is 8.18. The molecule has 0 aliphatic carbocycles. The van der Waals surface area contributed by atoms with E-state index in [1.54, 1.807) is 0 Å². The lowest BCUT2D eigenvalue weighted by molar-refractivity contribution is 0.306. The summed E-state index contributed by atoms with van der Waals surface area (Å²) in [5.41, 5.74) is 10.2. The third-order valence-corrected chi connectivity index (χ3v) is 5.40. The monoisotopic (exact) mass is 448 g/mol. The minimum absolute atomic E-state index is 0. The highest BCUT2D eigenvalue weighted by Gasteiger charge is 2.18. The number of halogens is 1. The molecule has 0 spiro atoms. The summed E-state index contributed by atoms with van der Waals surface area (Å²) in [6, 6.07) is 25.9. The Balaban J connectivity index is 0.00000289. The average molecular weight is 449 g/mol. The quantitative estimate of drug-likeness (QED) is 0.389. The van der Waals surface area contributed by atoms with E-state index in [4.69, 9.17) is 10.5 Å². The molecule has 32 heavy (non-hydrogen) atoms. The topological polar surface area (TPSA) is 57.2 Å². The predicted octanol–water partition coefficient (Wildman–Crippen LogP) is 5.78. The Hall–Kier alpha value is -3.08. The molecule has 0 aliphatic rings. The molecule has 1 heterocycles. The third kappa shape index (κ3) is 4.87. The summed E-state index contributed by atoms with van der Waals surface area (Å²) in [5.74, 6) is 1.01. The first-order valence-corrected chi connectivity index (χ1v) is 10.7. The Morgan fingerprint density at radius 3 is 2.19 bits per heavy atom. The van der Waals surface area contributed by atoms with Gasteiger partial charge in [0, 0.05) is 24.3 Å². The number of fused-ring (bicyclic) bond motifs is 1. The van der Waals surface area contributed by atoms with Crippen molar-refractivity contribution in [2.24, 2.45) is 11.7 Å². The summed E-state index contributed by atoms with van der Waals surface area (Å²) in [6.07, 6.45) is 0. The first-order valence-electron chi connectivity index (χ1n) is 10.7. The Bertz CT molecular complexity index is 1240. The summed E-state index contributed by atoms with van der Waals surface area (Å²) in [4.78, 5) is 13.5. The van der Waals surface area contributed by atoms with Gasteiger partial charge in [-0.15, -0.1) is 12.4 Å². The van der Waals surface area contributed by atoms with Gasteiger partial charge in [0.25, 0.3) is 5.56 Å². The lowest BCUT2D eigenvalue weighted by atomic mass is 9.96. The number of benzene rings is 3. The van der Waals surface area contributed by atoms with Crippen LogP contribution in [-0.4, -0.2) is 4.57 Å². The maximum Gasteiger partial charge on any atom is 0.258 e. The molecule has 4 rings (SSSR count). The van der Waals surface area contributed by atoms with Gasteiger partial charge in [0.15, 0.2) is 0 Å². The van der Waals surface area contributed by atoms with Crippen molar-refractivity contribution in [2.45, 2.75) is 33.5 Å². The zero-order chi connectivity index (χ0) is 21.8. The van der Waals surface area contributed by atoms with Gasteiger partial charge in [-0.1, -0.05) is 74.5 Å². The van der Waals surface area contributed by atoms with Gasteiger partial charge in [-0.25, -0.2) is 0 Å². The molecule has 0 radical (unpaired) electrons. The van der Waals surface area contributed by atoms with Gasteiger partial charge in [-0.2, -0.15) is 0 Å². The Labute approximate surface area is 195 Å². The maximum atomic E-state index is 13.5. The van der Waals surface area contributed by atoms with Crippen LogP contribution in [0.15, 0.2) is 83.7 Å². The largest absolute Gasteiger partial charge is 0.489 e. The van der Waals surface area contributed by atoms with Gasteiger partial charge in [-0.3, -0.25) is 4.79 Å². The molecule has 1 aromatic heterocycles. The zero-order valence-electron chi connectivity index (χ0n) is 18.5. The average Bonchev–Trinajstić information content (AvgIpc) is 2.80. The maximum absolute atomic E-state index is 13.5. The van der Waals surface area contributed by atoms with Crippen LogP contribution in [-0.2, 0) is 19.7 Å². The Kier molecular flexibility index (Phi) is 7.73. The van der Waals surface area contributed by atoms with Gasteiger partial charge in [0.1, 0.15) is 12.4 Å². The normalized spacial score (nSPS) is 10.9. The van der Waals surface area contributed by atoms with E-state index in [1.165, 1.54) is 0 Å². The number of hydrogen-bond donors (Lipinski definition) is 1. The SMILES string of the molecule is CC(C)Cn1c(CN)c(-c2ccccc2)c2ccc(OCc3ccccc3)cc2c1=O.Cl. The van der Waals surface area contributed by atoms with Crippen molar-refractivity contribution in [3.63, 3.8) is 0 Å². The fourth-order valence-electron chi connectivity index (χ4n) is 4.00. The molecule has 0 aliphatic heterocycles. The molecule has 0 fully saturated rings. The van der Waals surface area contributed by atoms with E-state index in [0.717, 1.165) is 27.8 Å². The van der Waals surface area contributed by atoms with Crippen LogP contribution >= 0.6 is 12.4 Å². The highest BCUT2D eigenvalue weighted by Crippen LogP contribution is 2.32. The van der Waals surface area contributed by atoms with Crippen molar-refractivity contribution in [3.8, 4) is 16.9 Å². The summed E-state index contributed by atoms with van der Waals surface area (Å²) >= 11 is 0. The predicted molar refractivity (Wildman–Crippen MR) is 134 cm³/mol. The molecular formula is C27H29ClN2O2. The van der Waals surface area contributed by atoms with Crippen LogP contribution in [0.4, 0.5) is 0 Å². The number of pyridine rings is 1. The molecule has 0 saturated carbocycles. The molecule has 2 N–H and O–H groups in total. The molecule has 0 atom stereocenters. The molecule has 0 unspecified atom stereocenters. The molecule has 0 bridgehead atoms. The molecule has 0 amide bonds. The number of aromatic nitrogens is 1. The van der Waals surface area contributed by atoms with Crippen molar-refractivity contribution in [1.82, 2.24) is 4.57 Å². The second-order valence-corrected chi connectivity index (χ2v) is 8.18. The summed E-state index contributed by atoms with van der Waals surface area (Å²) < 4.78 is 7.85. The fraction of sp³-hybridized carbons (Fsp3) is 0.222. The summed E-state index contributed by atoms with van der Waals surface area (Å²) in [6.45, 7) is 5.60. The molecule has 4 aromatic rings. The lowest BCUT2D eigenvalue weighted by Crippen LogP contribution is -2.28. The van der Waals surface area contributed by atoms with Crippen molar-refractivity contribution in [1.29, 1.82) is 0 Å². The Morgan fingerprint density at radius 2 is 1.56 bits per heavy atom. The highest BCUT2D eigenvalue weighted by molar-refractivity contribution is 5.98. The number of nitrogens with zero attached hydrogens (tertiary/aromatic N) is 1. The summed E-state index contributed by atoms with van der Waals surface area (Å²) in [5, 5.41) is 1.56. The fourth-order valence-corrected chi connectivity index (χ4v) is 4.00. The first kappa shape index (κ1) is 23.6. The van der Waals surface area contributed by atoms with E-state index in [0.29, 0.717) is 36.8 Å². The minimum Gasteiger partial charge on any atom is -0.489 e. The lowest BCUT2D eigenvalue weighted by Gasteiger charge is -2.21. The van der Waals surface area contributed by atoms with Gasteiger partial charge in [0.05, 0.1) is 5.39 Å². The smallest absolute Gasteiger partial charge is 0.258 e. The number of hydrogen-bond acceptors (Lipinski definition) is 3. The van der Waals surface area contributed by atoms with Crippen LogP contribution in [0.2, 0.25) is 0 Å². The van der Waals surface area contributed by atoms with Crippen molar-refractivity contribution >= 4 is 23.2 Å². The van der Waals surface area contributed by atoms with Gasteiger partial charge in [0.2, 0.25) is 0 Å². The summed E-state index contributed by atoms with van der Waals surface area (Å²) in [7, 11) is 0. The van der Waals surface area contributed by atoms with Gasteiger partial charge in [-0.05, 0) is 40.6 Å². The van der Waals surface area contributed by atoms with Crippen molar-refractivity contribution in [2.75, 3.05) is 0 Å². The van der Waals surface area contributed by atoms with Crippen molar-refractivity contribution < 1.29 is 4.74 Å².